The number of esters is 1. The topological polar surface area (TPSA) is 106 Å². The van der Waals surface area contributed by atoms with Gasteiger partial charge in [0, 0.05) is 12.5 Å². The summed E-state index contributed by atoms with van der Waals surface area (Å²) in [5.74, 6) is -1.95. The van der Waals surface area contributed by atoms with Crippen LogP contribution in [0.2, 0.25) is 0 Å². The fraction of sp³-hybridized carbons (Fsp3) is 0.579. The van der Waals surface area contributed by atoms with Crippen LogP contribution in [0.1, 0.15) is 55.5 Å². The predicted molar refractivity (Wildman–Crippen MR) is 93.5 cm³/mol. The van der Waals surface area contributed by atoms with E-state index in [0.29, 0.717) is 19.4 Å². The van der Waals surface area contributed by atoms with Gasteiger partial charge < -0.3 is 14.1 Å². The van der Waals surface area contributed by atoms with Crippen LogP contribution in [0.25, 0.3) is 0 Å². The Bertz CT molecular complexity index is 693. The van der Waals surface area contributed by atoms with E-state index in [0.717, 1.165) is 32.1 Å². The predicted octanol–water partition coefficient (Wildman–Crippen LogP) is 1.65. The van der Waals surface area contributed by atoms with E-state index in [1.54, 1.807) is 6.07 Å². The second-order valence-corrected chi connectivity index (χ2v) is 6.99. The van der Waals surface area contributed by atoms with Crippen molar-refractivity contribution in [2.45, 2.75) is 51.0 Å². The number of carbonyl (C=O) groups excluding carboxylic acids is 4. The summed E-state index contributed by atoms with van der Waals surface area (Å²) in [6.07, 6.45) is 7.18. The molecule has 3 rings (SSSR count). The standard InChI is InChI=1S/C19H24N2O6/c22-16(20-17(23)13-6-2-1-3-7-13)12-27-19(25)14-8-4-10-21(14)18(24)15-9-5-11-26-15/h5,9,11,13-14H,1-4,6-8,10,12H2,(H,20,22,23)/t14-/m0/s1. The van der Waals surface area contributed by atoms with Crippen molar-refractivity contribution in [3.63, 3.8) is 0 Å². The van der Waals surface area contributed by atoms with Gasteiger partial charge in [-0.15, -0.1) is 0 Å². The van der Waals surface area contributed by atoms with Gasteiger partial charge in [0.1, 0.15) is 6.04 Å². The zero-order valence-corrected chi connectivity index (χ0v) is 15.1. The van der Waals surface area contributed by atoms with E-state index in [4.69, 9.17) is 9.15 Å². The molecule has 1 saturated carbocycles. The number of nitrogens with zero attached hydrogens (tertiary/aromatic N) is 1. The molecular formula is C19H24N2O6. The maximum absolute atomic E-state index is 12.4. The van der Waals surface area contributed by atoms with Gasteiger partial charge in [-0.2, -0.15) is 0 Å². The van der Waals surface area contributed by atoms with Gasteiger partial charge in [-0.25, -0.2) is 4.79 Å². The molecule has 1 N–H and O–H groups in total. The molecule has 2 fully saturated rings. The smallest absolute Gasteiger partial charge is 0.329 e. The summed E-state index contributed by atoms with van der Waals surface area (Å²) < 4.78 is 10.1. The first kappa shape index (κ1) is 19.1. The number of rotatable bonds is 5. The number of likely N-dealkylation sites (tertiary alicyclic amines) is 1. The highest BCUT2D eigenvalue weighted by atomic mass is 16.5. The van der Waals surface area contributed by atoms with E-state index < -0.39 is 24.5 Å². The van der Waals surface area contributed by atoms with Crippen LogP contribution in [0.4, 0.5) is 0 Å². The molecule has 2 aliphatic rings. The minimum Gasteiger partial charge on any atom is -0.459 e. The third kappa shape index (κ3) is 4.75. The largest absolute Gasteiger partial charge is 0.459 e. The third-order valence-corrected chi connectivity index (χ3v) is 5.10. The normalized spacial score (nSPS) is 20.3. The Morgan fingerprint density at radius 1 is 1.11 bits per heavy atom. The van der Waals surface area contributed by atoms with E-state index >= 15 is 0 Å². The Morgan fingerprint density at radius 2 is 1.89 bits per heavy atom. The minimum atomic E-state index is -0.746. The van der Waals surface area contributed by atoms with Gasteiger partial charge in [-0.05, 0) is 37.8 Å². The van der Waals surface area contributed by atoms with Crippen LogP contribution in [0.5, 0.6) is 0 Å². The molecule has 0 bridgehead atoms. The van der Waals surface area contributed by atoms with E-state index in [2.05, 4.69) is 5.32 Å². The van der Waals surface area contributed by atoms with Crippen molar-refractivity contribution in [1.82, 2.24) is 10.2 Å². The van der Waals surface area contributed by atoms with Crippen LogP contribution in [-0.4, -0.2) is 47.8 Å². The fourth-order valence-electron chi connectivity index (χ4n) is 3.67. The maximum atomic E-state index is 12.4. The van der Waals surface area contributed by atoms with Crippen LogP contribution in [-0.2, 0) is 19.1 Å². The molecule has 1 aromatic rings. The van der Waals surface area contributed by atoms with Gasteiger partial charge in [-0.3, -0.25) is 19.7 Å². The van der Waals surface area contributed by atoms with Crippen LogP contribution >= 0.6 is 0 Å². The van der Waals surface area contributed by atoms with Crippen molar-refractivity contribution in [3.8, 4) is 0 Å². The lowest BCUT2D eigenvalue weighted by Crippen LogP contribution is -2.43. The number of furan rings is 1. The SMILES string of the molecule is O=C(COC(=O)[C@@H]1CCCN1C(=O)c1ccco1)NC(=O)C1CCCCC1. The number of nitrogens with one attached hydrogen (secondary N) is 1. The molecule has 0 spiro atoms. The zero-order chi connectivity index (χ0) is 19.2. The van der Waals surface area contributed by atoms with Crippen LogP contribution < -0.4 is 5.32 Å². The van der Waals surface area contributed by atoms with E-state index in [-0.39, 0.29) is 23.5 Å². The minimum absolute atomic E-state index is 0.144. The Hall–Kier alpha value is -2.64. The van der Waals surface area contributed by atoms with E-state index in [1.807, 2.05) is 0 Å². The quantitative estimate of drug-likeness (QED) is 0.783. The molecule has 8 heteroatoms. The first-order valence-electron chi connectivity index (χ1n) is 9.41. The lowest BCUT2D eigenvalue weighted by molar-refractivity contribution is -0.153. The lowest BCUT2D eigenvalue weighted by atomic mass is 9.89. The third-order valence-electron chi connectivity index (χ3n) is 5.10. The summed E-state index contributed by atoms with van der Waals surface area (Å²) >= 11 is 0. The highest BCUT2D eigenvalue weighted by molar-refractivity contribution is 5.98. The van der Waals surface area contributed by atoms with Crippen LogP contribution in [0.15, 0.2) is 22.8 Å². The highest BCUT2D eigenvalue weighted by Gasteiger charge is 2.37. The van der Waals surface area contributed by atoms with Gasteiger partial charge >= 0.3 is 5.97 Å². The van der Waals surface area contributed by atoms with Crippen LogP contribution in [0, 0.1) is 5.92 Å². The van der Waals surface area contributed by atoms with Gasteiger partial charge in [0.25, 0.3) is 11.8 Å². The highest BCUT2D eigenvalue weighted by Crippen LogP contribution is 2.24. The average Bonchev–Trinajstić information content (AvgIpc) is 3.38. The Kier molecular flexibility index (Phi) is 6.26. The molecule has 1 aliphatic heterocycles. The molecule has 0 aromatic carbocycles. The Morgan fingerprint density at radius 3 is 2.59 bits per heavy atom. The summed E-state index contributed by atoms with van der Waals surface area (Å²) in [4.78, 5) is 50.0. The number of imide groups is 1. The van der Waals surface area contributed by atoms with Crippen molar-refractivity contribution in [2.75, 3.05) is 13.2 Å². The zero-order valence-electron chi connectivity index (χ0n) is 15.1. The molecule has 8 nitrogen and oxygen atoms in total. The average molecular weight is 376 g/mol. The number of carbonyl (C=O) groups is 4. The van der Waals surface area contributed by atoms with Crippen molar-refractivity contribution in [3.05, 3.63) is 24.2 Å². The van der Waals surface area contributed by atoms with Gasteiger partial charge in [0.15, 0.2) is 12.4 Å². The Balaban J connectivity index is 1.47. The molecule has 3 amide bonds. The number of ether oxygens (including phenoxy) is 1. The number of hydrogen-bond donors (Lipinski definition) is 1. The molecular weight excluding hydrogens is 352 g/mol. The van der Waals surface area contributed by atoms with Crippen molar-refractivity contribution in [2.24, 2.45) is 5.92 Å². The van der Waals surface area contributed by atoms with Gasteiger partial charge in [-0.1, -0.05) is 19.3 Å². The molecule has 2 heterocycles. The monoisotopic (exact) mass is 376 g/mol. The number of hydrogen-bond acceptors (Lipinski definition) is 6. The number of amides is 3. The summed E-state index contributed by atoms with van der Waals surface area (Å²) in [7, 11) is 0. The molecule has 146 valence electrons. The molecule has 0 radical (unpaired) electrons. The second-order valence-electron chi connectivity index (χ2n) is 6.99. The lowest BCUT2D eigenvalue weighted by Gasteiger charge is -2.22. The van der Waals surface area contributed by atoms with E-state index in [1.165, 1.54) is 17.2 Å². The molecule has 1 saturated heterocycles. The first-order chi connectivity index (χ1) is 13.1. The fourth-order valence-corrected chi connectivity index (χ4v) is 3.67. The Labute approximate surface area is 157 Å². The van der Waals surface area contributed by atoms with Crippen molar-refractivity contribution >= 4 is 23.7 Å². The summed E-state index contributed by atoms with van der Waals surface area (Å²) in [6.45, 7) is -0.109. The molecule has 27 heavy (non-hydrogen) atoms. The van der Waals surface area contributed by atoms with Crippen molar-refractivity contribution < 1.29 is 28.3 Å². The summed E-state index contributed by atoms with van der Waals surface area (Å²) in [5.41, 5.74) is 0. The molecule has 1 aromatic heterocycles. The molecule has 0 unspecified atom stereocenters. The van der Waals surface area contributed by atoms with Crippen molar-refractivity contribution in [1.29, 1.82) is 0 Å². The summed E-state index contributed by atoms with van der Waals surface area (Å²) in [5, 5.41) is 2.30. The first-order valence-corrected chi connectivity index (χ1v) is 9.41. The summed E-state index contributed by atoms with van der Waals surface area (Å²) in [6, 6.07) is 2.39. The van der Waals surface area contributed by atoms with Gasteiger partial charge in [0.05, 0.1) is 6.26 Å². The van der Waals surface area contributed by atoms with E-state index in [9.17, 15) is 19.2 Å². The van der Waals surface area contributed by atoms with Crippen LogP contribution in [0.3, 0.4) is 0 Å². The molecule has 1 atom stereocenters. The molecule has 1 aliphatic carbocycles. The maximum Gasteiger partial charge on any atom is 0.329 e. The second kappa shape index (κ2) is 8.83. The van der Waals surface area contributed by atoms with Gasteiger partial charge in [0.2, 0.25) is 5.91 Å².